The van der Waals surface area contributed by atoms with Crippen LogP contribution in [0.25, 0.3) is 0 Å². The topological polar surface area (TPSA) is 177 Å². The van der Waals surface area contributed by atoms with E-state index in [0.29, 0.717) is 56.9 Å². The molecule has 12 nitrogen and oxygen atoms in total. The highest BCUT2D eigenvalue weighted by atomic mass is 16.6. The molecular weight excluding hydrogens is 815 g/mol. The van der Waals surface area contributed by atoms with E-state index in [2.05, 4.69) is 0 Å². The Morgan fingerprint density at radius 1 is 0.875 bits per heavy atom. The predicted molar refractivity (Wildman–Crippen MR) is 249 cm³/mol. The summed E-state index contributed by atoms with van der Waals surface area (Å²) in [5.74, 6) is -7.70. The quantitative estimate of drug-likeness (QED) is 0.141. The number of fused-ring (bicyclic) bond motifs is 3. The molecule has 4 rings (SSSR count). The van der Waals surface area contributed by atoms with Crippen LogP contribution in [0.3, 0.4) is 0 Å². The number of rotatable bonds is 4. The Balaban J connectivity index is 0.0000109. The Kier molecular flexibility index (Phi) is 21.5. The van der Waals surface area contributed by atoms with Crippen LogP contribution in [0.15, 0.2) is 47.6 Å². The van der Waals surface area contributed by atoms with Crippen molar-refractivity contribution in [3.63, 3.8) is 0 Å². The molecule has 3 fully saturated rings. The largest absolute Gasteiger partial charge is 0.460 e. The summed E-state index contributed by atoms with van der Waals surface area (Å²) in [5, 5.41) is 33.7. The Hall–Kier alpha value is -3.29. The number of carbonyl (C=O) groups excluding carboxylic acids is 5. The summed E-state index contributed by atoms with van der Waals surface area (Å²) in [6.45, 7) is 16.8. The van der Waals surface area contributed by atoms with Crippen LogP contribution in [0.1, 0.15) is 147 Å². The summed E-state index contributed by atoms with van der Waals surface area (Å²) in [7, 11) is 1.59. The lowest BCUT2D eigenvalue weighted by atomic mass is 9.75. The van der Waals surface area contributed by atoms with Crippen molar-refractivity contribution in [3.05, 3.63) is 47.6 Å². The fourth-order valence-corrected chi connectivity index (χ4v) is 10.2. The van der Waals surface area contributed by atoms with Gasteiger partial charge in [0.2, 0.25) is 5.79 Å². The van der Waals surface area contributed by atoms with Gasteiger partial charge < -0.3 is 34.4 Å². The number of ketones is 3. The lowest BCUT2D eigenvalue weighted by molar-refractivity contribution is -0.265. The van der Waals surface area contributed by atoms with Gasteiger partial charge >= 0.3 is 5.97 Å². The first kappa shape index (κ1) is 55.0. The highest BCUT2D eigenvalue weighted by molar-refractivity contribution is 6.39. The molecule has 1 aliphatic carbocycles. The summed E-state index contributed by atoms with van der Waals surface area (Å²) in [5.41, 5.74) is 1.40. The fraction of sp³-hybridized carbons (Fsp3) is 0.750. The lowest BCUT2D eigenvalue weighted by Crippen LogP contribution is -2.61. The number of hydrogen-bond donors (Lipinski definition) is 3. The number of allylic oxidation sites excluding steroid dienone is 6. The number of piperidine rings is 1. The van der Waals surface area contributed by atoms with Crippen LogP contribution in [0.2, 0.25) is 0 Å². The molecule has 3 heterocycles. The first-order valence-corrected chi connectivity index (χ1v) is 23.8. The van der Waals surface area contributed by atoms with Crippen LogP contribution < -0.4 is 0 Å². The maximum absolute atomic E-state index is 14.3. The first-order chi connectivity index (χ1) is 29.7. The highest BCUT2D eigenvalue weighted by Crippen LogP contribution is 2.38. The average molecular weight is 898 g/mol. The molecule has 3 N–H and O–H groups in total. The maximum atomic E-state index is 14.3. The Morgan fingerprint density at radius 2 is 1.58 bits per heavy atom. The summed E-state index contributed by atoms with van der Waals surface area (Å²) in [6, 6.07) is -1.10. The van der Waals surface area contributed by atoms with E-state index in [9.17, 15) is 39.3 Å². The van der Waals surface area contributed by atoms with Crippen molar-refractivity contribution in [1.82, 2.24) is 4.90 Å². The van der Waals surface area contributed by atoms with Gasteiger partial charge in [-0.05, 0) is 113 Å². The zero-order chi connectivity index (χ0) is 46.8. The van der Waals surface area contributed by atoms with E-state index in [4.69, 9.17) is 14.2 Å². The van der Waals surface area contributed by atoms with E-state index in [0.717, 1.165) is 18.4 Å². The number of ether oxygens (including phenoxy) is 3. The monoisotopic (exact) mass is 898 g/mol. The smallest absolute Gasteiger partial charge is 0.329 e. The minimum Gasteiger partial charge on any atom is -0.460 e. The number of nitrogens with zero attached hydrogens (tertiary/aromatic N) is 1. The number of aliphatic hydroxyl groups is 3. The van der Waals surface area contributed by atoms with Gasteiger partial charge in [0.25, 0.3) is 11.7 Å². The molecule has 4 aliphatic rings. The van der Waals surface area contributed by atoms with E-state index >= 15 is 0 Å². The third-order valence-corrected chi connectivity index (χ3v) is 14.6. The number of carbonyl (C=O) groups is 5. The van der Waals surface area contributed by atoms with Crippen molar-refractivity contribution in [2.24, 2.45) is 47.3 Å². The molecule has 362 valence electrons. The number of aliphatic hydroxyl groups excluding tert-OH is 2. The van der Waals surface area contributed by atoms with Gasteiger partial charge in [-0.3, -0.25) is 19.2 Å². The van der Waals surface area contributed by atoms with Gasteiger partial charge in [-0.25, -0.2) is 4.79 Å². The summed E-state index contributed by atoms with van der Waals surface area (Å²) >= 11 is 0. The Labute approximate surface area is 384 Å². The average Bonchev–Trinajstić information content (AvgIpc) is 3.25. The van der Waals surface area contributed by atoms with Crippen LogP contribution in [0.5, 0.6) is 0 Å². The van der Waals surface area contributed by atoms with Gasteiger partial charge in [0.05, 0.1) is 24.4 Å². The highest BCUT2D eigenvalue weighted by Gasteiger charge is 2.53. The van der Waals surface area contributed by atoms with Crippen molar-refractivity contribution in [2.75, 3.05) is 13.7 Å². The minimum atomic E-state index is -2.41. The van der Waals surface area contributed by atoms with Crippen molar-refractivity contribution in [3.8, 4) is 0 Å². The number of Topliss-reactive ketones (excluding diaryl/α,β-unsaturated/α-hetero) is 3. The number of amides is 1. The summed E-state index contributed by atoms with van der Waals surface area (Å²) in [4.78, 5) is 71.5. The molecule has 0 aromatic carbocycles. The second-order valence-electron chi connectivity index (χ2n) is 19.9. The molecule has 0 spiro atoms. The standard InChI is InChI=1S/C51H79NO11.CH4/c1-30-16-12-11-13-17-31(2)44(61-10)28-40-21-19-37(8)51(60,63-40)48(57)49(58)52-23-15-14-18-41(52)50(59)62-45(34(5)27-39-20-22-42(53)33(4)26-39)29-43(54)32(3)25-36(7)47(56)38(9)46(55)35(6)24-30;/h11-13,16-17,25,30,32-35,37-42,44-45,47,53,56,60H,14-15,18-24,26-29H2,1-10H3;1H4/b13-11?,16-12+,31-17?,36-25+;/t30-,32-,33-,34-,35-,37-,38+,39-,40?,41+,42-,44+,45+,47-,51-;/m1./s1. The molecule has 15 atom stereocenters. The molecule has 2 saturated heterocycles. The minimum absolute atomic E-state index is 0. The Bertz CT molecular complexity index is 1720. The van der Waals surface area contributed by atoms with Crippen LogP contribution >= 0.6 is 0 Å². The zero-order valence-electron chi connectivity index (χ0n) is 39.8. The summed E-state index contributed by atoms with van der Waals surface area (Å²) < 4.78 is 18.3. The normalized spacial score (nSPS) is 39.4. The third kappa shape index (κ3) is 14.4. The Morgan fingerprint density at radius 3 is 2.25 bits per heavy atom. The maximum Gasteiger partial charge on any atom is 0.329 e. The van der Waals surface area contributed by atoms with Gasteiger partial charge in [-0.1, -0.05) is 92.3 Å². The van der Waals surface area contributed by atoms with E-state index in [1.165, 1.54) is 4.90 Å². The van der Waals surface area contributed by atoms with E-state index < -0.39 is 71.7 Å². The second-order valence-corrected chi connectivity index (χ2v) is 19.9. The predicted octanol–water partition coefficient (Wildman–Crippen LogP) is 8.06. The molecule has 3 aliphatic heterocycles. The third-order valence-electron chi connectivity index (χ3n) is 14.6. The number of esters is 1. The van der Waals surface area contributed by atoms with Crippen LogP contribution in [-0.2, 0) is 38.2 Å². The number of methoxy groups -OCH3 is 1. The molecule has 1 amide bonds. The molecule has 0 aromatic rings. The van der Waals surface area contributed by atoms with Crippen LogP contribution in [0.4, 0.5) is 0 Å². The molecule has 1 unspecified atom stereocenters. The fourth-order valence-electron chi connectivity index (χ4n) is 10.2. The first-order valence-electron chi connectivity index (χ1n) is 23.8. The van der Waals surface area contributed by atoms with Crippen molar-refractivity contribution in [1.29, 1.82) is 0 Å². The number of cyclic esters (lactones) is 1. The molecule has 0 radical (unpaired) electrons. The van der Waals surface area contributed by atoms with E-state index in [1.807, 2.05) is 65.0 Å². The van der Waals surface area contributed by atoms with E-state index in [1.54, 1.807) is 40.9 Å². The molecule has 1 saturated carbocycles. The van der Waals surface area contributed by atoms with E-state index in [-0.39, 0.29) is 74.1 Å². The van der Waals surface area contributed by atoms with Gasteiger partial charge in [0.1, 0.15) is 23.7 Å². The SMILES string of the molecule is C.CO[C@H]1CC2CC[C@@H](C)[C@@](O)(O2)C(=O)C(=O)N2CCCC[C@H]2C(=O)O[C@H]([C@H](C)C[C@@H]2CC[C@@H](O)[C@H](C)C2)CC(=O)[C@H](C)/C=C(\C)[C@@H](O)[C@@H](C)C(=O)[C@H](C)C[C@H](C)/C=C/C=CC=C1C. The zero-order valence-corrected chi connectivity index (χ0v) is 39.8. The van der Waals surface area contributed by atoms with Crippen molar-refractivity contribution >= 4 is 29.2 Å². The molecule has 64 heavy (non-hydrogen) atoms. The van der Waals surface area contributed by atoms with Crippen LogP contribution in [-0.4, -0.2) is 105 Å². The molecule has 12 heteroatoms. The lowest BCUT2D eigenvalue weighted by Gasteiger charge is -2.42. The molecule has 2 bridgehead atoms. The van der Waals surface area contributed by atoms with Crippen LogP contribution in [0, 0.1) is 47.3 Å². The van der Waals surface area contributed by atoms with Gasteiger partial charge in [0, 0.05) is 50.2 Å². The van der Waals surface area contributed by atoms with Crippen molar-refractivity contribution < 1.29 is 53.5 Å². The summed E-state index contributed by atoms with van der Waals surface area (Å²) in [6.07, 6.45) is 14.2. The second kappa shape index (κ2) is 25.0. The number of hydrogen-bond acceptors (Lipinski definition) is 11. The molecular formula is C52H83NO11. The van der Waals surface area contributed by atoms with Gasteiger partial charge in [0.15, 0.2) is 0 Å². The molecule has 0 aromatic heterocycles. The van der Waals surface area contributed by atoms with Gasteiger partial charge in [-0.2, -0.15) is 0 Å². The van der Waals surface area contributed by atoms with Gasteiger partial charge in [-0.15, -0.1) is 0 Å². The van der Waals surface area contributed by atoms with Crippen molar-refractivity contribution in [2.45, 2.75) is 189 Å².